The molecule has 1 aliphatic rings. The van der Waals surface area contributed by atoms with Crippen LogP contribution >= 0.6 is 11.3 Å². The van der Waals surface area contributed by atoms with E-state index in [4.69, 9.17) is 4.52 Å². The van der Waals surface area contributed by atoms with Crippen LogP contribution in [-0.2, 0) is 13.0 Å². The first-order chi connectivity index (χ1) is 12.8. The van der Waals surface area contributed by atoms with Gasteiger partial charge in [-0.05, 0) is 19.1 Å². The number of aromatic nitrogens is 5. The summed E-state index contributed by atoms with van der Waals surface area (Å²) < 4.78 is 7.62. The fraction of sp³-hybridized carbons (Fsp3) is 0.278. The maximum Gasteiger partial charge on any atom is 0.193 e. The lowest BCUT2D eigenvalue weighted by molar-refractivity contribution is 0.174. The van der Waals surface area contributed by atoms with E-state index in [2.05, 4.69) is 47.9 Å². The quantitative estimate of drug-likeness (QED) is 0.601. The third-order valence-electron chi connectivity index (χ3n) is 4.75. The number of aryl methyl sites for hydroxylation is 1. The van der Waals surface area contributed by atoms with Gasteiger partial charge in [0.1, 0.15) is 0 Å². The van der Waals surface area contributed by atoms with Crippen LogP contribution in [0.4, 0.5) is 0 Å². The molecular formula is C18H18N6OS. The number of imidazole rings is 1. The number of hydrogen-bond acceptors (Lipinski definition) is 6. The molecule has 1 aliphatic heterocycles. The largest absolute Gasteiger partial charge is 0.360 e. The Bertz CT molecular complexity index is 1010. The summed E-state index contributed by atoms with van der Waals surface area (Å²) in [6, 6.07) is 6.24. The van der Waals surface area contributed by atoms with E-state index in [1.807, 2.05) is 24.6 Å². The first-order valence-electron chi connectivity index (χ1n) is 8.55. The van der Waals surface area contributed by atoms with E-state index < -0.39 is 0 Å². The van der Waals surface area contributed by atoms with Crippen molar-refractivity contribution in [2.45, 2.75) is 25.9 Å². The first-order valence-corrected chi connectivity index (χ1v) is 9.43. The van der Waals surface area contributed by atoms with Crippen LogP contribution in [0.15, 0.2) is 46.8 Å². The fourth-order valence-electron chi connectivity index (χ4n) is 3.64. The van der Waals surface area contributed by atoms with Crippen LogP contribution in [0.3, 0.4) is 0 Å². The minimum Gasteiger partial charge on any atom is -0.360 e. The zero-order valence-electron chi connectivity index (χ0n) is 14.3. The predicted molar refractivity (Wildman–Crippen MR) is 97.2 cm³/mol. The van der Waals surface area contributed by atoms with Crippen molar-refractivity contribution in [1.82, 2.24) is 29.6 Å². The zero-order valence-corrected chi connectivity index (χ0v) is 15.1. The SMILES string of the molecule is Cc1cc(CN2CCc3[nH]cnc3C2c2cccn2-c2nccs2)on1. The topological polar surface area (TPSA) is 75.8 Å². The average Bonchev–Trinajstić information content (AvgIpc) is 3.42. The van der Waals surface area contributed by atoms with E-state index in [1.165, 1.54) is 5.69 Å². The number of fused-ring (bicyclic) bond motifs is 1. The Morgan fingerprint density at radius 1 is 1.38 bits per heavy atom. The predicted octanol–water partition coefficient (Wildman–Crippen LogP) is 3.10. The minimum absolute atomic E-state index is 0.0364. The summed E-state index contributed by atoms with van der Waals surface area (Å²) >= 11 is 1.63. The van der Waals surface area contributed by atoms with Crippen molar-refractivity contribution < 1.29 is 4.52 Å². The molecule has 5 heterocycles. The summed E-state index contributed by atoms with van der Waals surface area (Å²) in [5, 5.41) is 6.98. The van der Waals surface area contributed by atoms with E-state index in [1.54, 1.807) is 17.7 Å². The van der Waals surface area contributed by atoms with Crippen LogP contribution < -0.4 is 0 Å². The second kappa shape index (κ2) is 6.22. The van der Waals surface area contributed by atoms with Crippen molar-refractivity contribution in [1.29, 1.82) is 0 Å². The Morgan fingerprint density at radius 3 is 3.15 bits per heavy atom. The van der Waals surface area contributed by atoms with Gasteiger partial charge in [-0.3, -0.25) is 9.47 Å². The highest BCUT2D eigenvalue weighted by molar-refractivity contribution is 7.12. The maximum atomic E-state index is 5.47. The molecule has 26 heavy (non-hydrogen) atoms. The molecule has 132 valence electrons. The summed E-state index contributed by atoms with van der Waals surface area (Å²) in [6.07, 6.45) is 6.62. The highest BCUT2D eigenvalue weighted by Gasteiger charge is 2.33. The molecule has 0 saturated heterocycles. The lowest BCUT2D eigenvalue weighted by Crippen LogP contribution is -2.36. The highest BCUT2D eigenvalue weighted by Crippen LogP contribution is 2.36. The molecule has 1 atom stereocenters. The number of thiazole rings is 1. The summed E-state index contributed by atoms with van der Waals surface area (Å²) in [6.45, 7) is 3.56. The smallest absolute Gasteiger partial charge is 0.193 e. The van der Waals surface area contributed by atoms with Crippen molar-refractivity contribution in [2.75, 3.05) is 6.54 Å². The van der Waals surface area contributed by atoms with Gasteiger partial charge in [-0.15, -0.1) is 11.3 Å². The van der Waals surface area contributed by atoms with Crippen LogP contribution in [0, 0.1) is 6.92 Å². The van der Waals surface area contributed by atoms with Crippen LogP contribution in [0.5, 0.6) is 0 Å². The Kier molecular flexibility index (Phi) is 3.72. The summed E-state index contributed by atoms with van der Waals surface area (Å²) in [5.74, 6) is 0.874. The normalized spacial score (nSPS) is 17.5. The van der Waals surface area contributed by atoms with Gasteiger partial charge in [0, 0.05) is 48.2 Å². The fourth-order valence-corrected chi connectivity index (χ4v) is 4.28. The molecule has 8 heteroatoms. The van der Waals surface area contributed by atoms with Crippen molar-refractivity contribution in [2.24, 2.45) is 0 Å². The number of rotatable bonds is 4. The third kappa shape index (κ3) is 2.58. The monoisotopic (exact) mass is 366 g/mol. The first kappa shape index (κ1) is 15.5. The van der Waals surface area contributed by atoms with Crippen molar-refractivity contribution in [3.8, 4) is 5.13 Å². The van der Waals surface area contributed by atoms with Crippen molar-refractivity contribution >= 4 is 11.3 Å². The van der Waals surface area contributed by atoms with Crippen LogP contribution in [-0.4, -0.2) is 36.1 Å². The summed E-state index contributed by atoms with van der Waals surface area (Å²) in [4.78, 5) is 14.8. The van der Waals surface area contributed by atoms with E-state index in [0.29, 0.717) is 6.54 Å². The van der Waals surface area contributed by atoms with Gasteiger partial charge in [0.25, 0.3) is 0 Å². The summed E-state index contributed by atoms with van der Waals surface area (Å²) in [7, 11) is 0. The van der Waals surface area contributed by atoms with Crippen molar-refractivity contribution in [3.05, 3.63) is 70.8 Å². The zero-order chi connectivity index (χ0) is 17.5. The number of hydrogen-bond donors (Lipinski definition) is 1. The molecule has 0 aromatic carbocycles. The van der Waals surface area contributed by atoms with Gasteiger partial charge in [-0.2, -0.15) is 0 Å². The minimum atomic E-state index is 0.0364. The van der Waals surface area contributed by atoms with Gasteiger partial charge in [-0.25, -0.2) is 9.97 Å². The Balaban J connectivity index is 1.58. The van der Waals surface area contributed by atoms with Gasteiger partial charge >= 0.3 is 0 Å². The molecule has 0 fully saturated rings. The number of nitrogens with one attached hydrogen (secondary N) is 1. The molecule has 1 N–H and O–H groups in total. The standard InChI is InChI=1S/C18H18N6OS/c1-12-9-13(25-22-12)10-23-7-4-14-16(21-11-20-14)17(23)15-3-2-6-24(15)18-19-5-8-26-18/h2-3,5-6,8-9,11,17H,4,7,10H2,1H3,(H,20,21). The van der Waals surface area contributed by atoms with E-state index in [-0.39, 0.29) is 6.04 Å². The molecule has 5 rings (SSSR count). The second-order valence-electron chi connectivity index (χ2n) is 6.44. The highest BCUT2D eigenvalue weighted by atomic mass is 32.1. The molecule has 0 saturated carbocycles. The van der Waals surface area contributed by atoms with Gasteiger partial charge in [0.05, 0.1) is 30.3 Å². The molecule has 0 amide bonds. The number of H-pyrrole nitrogens is 1. The lowest BCUT2D eigenvalue weighted by Gasteiger charge is -2.34. The molecule has 0 radical (unpaired) electrons. The molecule has 0 aliphatic carbocycles. The molecular weight excluding hydrogens is 348 g/mol. The third-order valence-corrected chi connectivity index (χ3v) is 5.52. The van der Waals surface area contributed by atoms with Crippen LogP contribution in [0.1, 0.15) is 34.6 Å². The van der Waals surface area contributed by atoms with Gasteiger partial charge in [0.2, 0.25) is 0 Å². The van der Waals surface area contributed by atoms with Gasteiger partial charge in [-0.1, -0.05) is 5.16 Å². The van der Waals surface area contributed by atoms with E-state index in [0.717, 1.165) is 40.9 Å². The van der Waals surface area contributed by atoms with Crippen LogP contribution in [0.25, 0.3) is 5.13 Å². The van der Waals surface area contributed by atoms with Gasteiger partial charge < -0.3 is 9.51 Å². The summed E-state index contributed by atoms with van der Waals surface area (Å²) in [5.41, 5.74) is 4.33. The average molecular weight is 366 g/mol. The second-order valence-corrected chi connectivity index (χ2v) is 7.31. The van der Waals surface area contributed by atoms with E-state index in [9.17, 15) is 0 Å². The maximum absolute atomic E-state index is 5.47. The van der Waals surface area contributed by atoms with Crippen molar-refractivity contribution in [3.63, 3.8) is 0 Å². The van der Waals surface area contributed by atoms with Crippen LogP contribution in [0.2, 0.25) is 0 Å². The van der Waals surface area contributed by atoms with E-state index >= 15 is 0 Å². The molecule has 1 unspecified atom stereocenters. The Morgan fingerprint density at radius 2 is 2.35 bits per heavy atom. The molecule has 4 aromatic rings. The molecule has 0 bridgehead atoms. The molecule has 4 aromatic heterocycles. The molecule has 0 spiro atoms. The Hall–Kier alpha value is -2.71. The molecule has 7 nitrogen and oxygen atoms in total. The van der Waals surface area contributed by atoms with Gasteiger partial charge in [0.15, 0.2) is 10.9 Å². The number of aromatic amines is 1. The Labute approximate surface area is 154 Å². The lowest BCUT2D eigenvalue weighted by atomic mass is 9.99. The number of nitrogens with zero attached hydrogens (tertiary/aromatic N) is 5.